The number of rotatable bonds is 6. The first-order chi connectivity index (χ1) is 13.1. The number of carbonyl (C=O) groups is 1. The second kappa shape index (κ2) is 8.18. The highest BCUT2D eigenvalue weighted by Crippen LogP contribution is 2.32. The number of nitrogens with two attached hydrogens (primary N) is 1. The van der Waals surface area contributed by atoms with Crippen molar-refractivity contribution in [1.82, 2.24) is 9.97 Å². The second-order valence-corrected chi connectivity index (χ2v) is 5.75. The number of hydrogen-bond acceptors (Lipinski definition) is 7. The minimum absolute atomic E-state index is 0.300. The van der Waals surface area contributed by atoms with Crippen molar-refractivity contribution in [2.45, 2.75) is 6.92 Å². The molecule has 0 fully saturated rings. The molecule has 0 aliphatic carbocycles. The Morgan fingerprint density at radius 2 is 1.81 bits per heavy atom. The summed E-state index contributed by atoms with van der Waals surface area (Å²) >= 11 is 0. The van der Waals surface area contributed by atoms with E-state index in [4.69, 9.17) is 10.5 Å². The van der Waals surface area contributed by atoms with Gasteiger partial charge in [-0.25, -0.2) is 14.8 Å². The third-order valence-electron chi connectivity index (χ3n) is 4.00. The van der Waals surface area contributed by atoms with Gasteiger partial charge < -0.3 is 20.7 Å². The summed E-state index contributed by atoms with van der Waals surface area (Å²) in [6.45, 7) is 2.07. The quantitative estimate of drug-likeness (QED) is 0.644. The zero-order valence-electron chi connectivity index (χ0n) is 15.2. The van der Waals surface area contributed by atoms with Crippen LogP contribution in [0, 0.1) is 0 Å². The molecule has 0 saturated carbocycles. The van der Waals surface area contributed by atoms with Gasteiger partial charge >= 0.3 is 5.97 Å². The Balaban J connectivity index is 1.93. The van der Waals surface area contributed by atoms with Crippen LogP contribution in [0.4, 0.5) is 28.7 Å². The van der Waals surface area contributed by atoms with E-state index in [9.17, 15) is 4.79 Å². The lowest BCUT2D eigenvalue weighted by atomic mass is 10.1. The van der Waals surface area contributed by atoms with Gasteiger partial charge in [-0.3, -0.25) is 0 Å². The van der Waals surface area contributed by atoms with Gasteiger partial charge in [-0.2, -0.15) is 0 Å². The molecule has 0 spiro atoms. The number of nitrogen functional groups attached to an aromatic ring is 1. The zero-order valence-corrected chi connectivity index (χ0v) is 15.2. The fourth-order valence-electron chi connectivity index (χ4n) is 2.63. The Morgan fingerprint density at radius 3 is 2.56 bits per heavy atom. The third kappa shape index (κ3) is 3.98. The maximum atomic E-state index is 12.2. The summed E-state index contributed by atoms with van der Waals surface area (Å²) in [5, 5.41) is 3.12. The predicted molar refractivity (Wildman–Crippen MR) is 107 cm³/mol. The average Bonchev–Trinajstić information content (AvgIpc) is 2.70. The largest absolute Gasteiger partial charge is 0.462 e. The summed E-state index contributed by atoms with van der Waals surface area (Å²) in [5.74, 6) is 0.571. The third-order valence-corrected chi connectivity index (χ3v) is 4.00. The normalized spacial score (nSPS) is 10.3. The summed E-state index contributed by atoms with van der Waals surface area (Å²) in [5.41, 5.74) is 8.61. The molecule has 0 unspecified atom stereocenters. The minimum Gasteiger partial charge on any atom is -0.462 e. The number of ether oxygens (including phenoxy) is 1. The van der Waals surface area contributed by atoms with Gasteiger partial charge in [0.05, 0.1) is 17.9 Å². The van der Waals surface area contributed by atoms with E-state index < -0.39 is 5.97 Å². The molecule has 0 aliphatic heterocycles. The number of hydrogen-bond donors (Lipinski definition) is 2. The van der Waals surface area contributed by atoms with Crippen LogP contribution in [0.15, 0.2) is 60.9 Å². The van der Waals surface area contributed by atoms with Crippen LogP contribution in [0.5, 0.6) is 0 Å². The molecular formula is C20H21N5O2. The Kier molecular flexibility index (Phi) is 5.51. The van der Waals surface area contributed by atoms with E-state index in [0.717, 1.165) is 5.69 Å². The molecule has 0 radical (unpaired) electrons. The molecule has 2 aromatic carbocycles. The number of nitrogens with zero attached hydrogens (tertiary/aromatic N) is 3. The molecule has 1 aromatic heterocycles. The van der Waals surface area contributed by atoms with Gasteiger partial charge in [-0.15, -0.1) is 0 Å². The maximum absolute atomic E-state index is 12.2. The van der Waals surface area contributed by atoms with Crippen LogP contribution in [0.3, 0.4) is 0 Å². The number of carbonyl (C=O) groups excluding carboxylic acids is 1. The van der Waals surface area contributed by atoms with Crippen molar-refractivity contribution < 1.29 is 9.53 Å². The highest BCUT2D eigenvalue weighted by atomic mass is 16.5. The summed E-state index contributed by atoms with van der Waals surface area (Å²) in [6, 6.07) is 16.8. The van der Waals surface area contributed by atoms with Crippen LogP contribution in [0.2, 0.25) is 0 Å². The fourth-order valence-corrected chi connectivity index (χ4v) is 2.63. The highest BCUT2D eigenvalue weighted by molar-refractivity contribution is 5.97. The van der Waals surface area contributed by atoms with E-state index in [2.05, 4.69) is 15.3 Å². The van der Waals surface area contributed by atoms with Crippen LogP contribution < -0.4 is 16.0 Å². The molecule has 0 bridgehead atoms. The molecule has 0 saturated heterocycles. The lowest BCUT2D eigenvalue weighted by Crippen LogP contribution is -2.15. The number of benzene rings is 2. The van der Waals surface area contributed by atoms with Crippen molar-refractivity contribution in [3.63, 3.8) is 0 Å². The molecule has 3 N–H and O–H groups in total. The Morgan fingerprint density at radius 1 is 1.11 bits per heavy atom. The zero-order chi connectivity index (χ0) is 19.2. The van der Waals surface area contributed by atoms with Crippen molar-refractivity contribution in [2.24, 2.45) is 0 Å². The molecule has 27 heavy (non-hydrogen) atoms. The number of anilines is 5. The van der Waals surface area contributed by atoms with E-state index in [-0.39, 0.29) is 0 Å². The van der Waals surface area contributed by atoms with Gasteiger partial charge in [-0.05, 0) is 31.2 Å². The maximum Gasteiger partial charge on any atom is 0.340 e. The van der Waals surface area contributed by atoms with E-state index in [1.54, 1.807) is 25.1 Å². The van der Waals surface area contributed by atoms with Gasteiger partial charge in [0, 0.05) is 12.7 Å². The fraction of sp³-hybridized carbons (Fsp3) is 0.150. The molecule has 0 aliphatic rings. The van der Waals surface area contributed by atoms with Crippen molar-refractivity contribution in [3.05, 3.63) is 66.5 Å². The van der Waals surface area contributed by atoms with E-state index >= 15 is 0 Å². The molecule has 3 rings (SSSR count). The molecule has 0 amide bonds. The van der Waals surface area contributed by atoms with Crippen molar-refractivity contribution in [3.8, 4) is 0 Å². The Labute approximate surface area is 157 Å². The summed E-state index contributed by atoms with van der Waals surface area (Å²) in [6.07, 6.45) is 1.43. The minimum atomic E-state index is -0.408. The molecule has 7 heteroatoms. The van der Waals surface area contributed by atoms with Crippen LogP contribution in [-0.4, -0.2) is 29.6 Å². The number of para-hydroxylation sites is 2. The van der Waals surface area contributed by atoms with Crippen LogP contribution >= 0.6 is 0 Å². The first kappa shape index (κ1) is 18.2. The topological polar surface area (TPSA) is 93.4 Å². The van der Waals surface area contributed by atoms with Gasteiger partial charge in [0.25, 0.3) is 0 Å². The van der Waals surface area contributed by atoms with E-state index in [1.807, 2.05) is 48.3 Å². The SMILES string of the molecule is CCOC(=O)c1ccccc1Nc1ncnc(N(C)c2ccccc2)c1N. The monoisotopic (exact) mass is 363 g/mol. The van der Waals surface area contributed by atoms with E-state index in [0.29, 0.717) is 35.2 Å². The standard InChI is InChI=1S/C20H21N5O2/c1-3-27-20(26)15-11-7-8-12-16(15)24-18-17(21)19(23-13-22-18)25(2)14-9-5-4-6-10-14/h4-13H,3,21H2,1-2H3,(H,22,23,24). The number of nitrogens with one attached hydrogen (secondary N) is 1. The summed E-state index contributed by atoms with van der Waals surface area (Å²) in [7, 11) is 1.88. The van der Waals surface area contributed by atoms with Gasteiger partial charge in [-0.1, -0.05) is 30.3 Å². The van der Waals surface area contributed by atoms with E-state index in [1.165, 1.54) is 6.33 Å². The number of aromatic nitrogens is 2. The molecule has 7 nitrogen and oxygen atoms in total. The predicted octanol–water partition coefficient (Wildman–Crippen LogP) is 3.75. The highest BCUT2D eigenvalue weighted by Gasteiger charge is 2.17. The van der Waals surface area contributed by atoms with Crippen LogP contribution in [-0.2, 0) is 4.74 Å². The number of esters is 1. The first-order valence-electron chi connectivity index (χ1n) is 8.54. The Hall–Kier alpha value is -3.61. The van der Waals surface area contributed by atoms with Crippen molar-refractivity contribution in [1.29, 1.82) is 0 Å². The smallest absolute Gasteiger partial charge is 0.340 e. The summed E-state index contributed by atoms with van der Waals surface area (Å²) < 4.78 is 5.11. The molecule has 0 atom stereocenters. The molecule has 3 aromatic rings. The molecular weight excluding hydrogens is 342 g/mol. The molecule has 1 heterocycles. The molecule has 138 valence electrons. The lowest BCUT2D eigenvalue weighted by Gasteiger charge is -2.21. The van der Waals surface area contributed by atoms with Crippen molar-refractivity contribution in [2.75, 3.05) is 29.6 Å². The van der Waals surface area contributed by atoms with Crippen LogP contribution in [0.1, 0.15) is 17.3 Å². The van der Waals surface area contributed by atoms with Gasteiger partial charge in [0.1, 0.15) is 12.0 Å². The average molecular weight is 363 g/mol. The Bertz CT molecular complexity index is 931. The van der Waals surface area contributed by atoms with Crippen molar-refractivity contribution >= 4 is 34.7 Å². The first-order valence-corrected chi connectivity index (χ1v) is 8.54. The lowest BCUT2D eigenvalue weighted by molar-refractivity contribution is 0.0527. The van der Waals surface area contributed by atoms with Crippen LogP contribution in [0.25, 0.3) is 0 Å². The summed E-state index contributed by atoms with van der Waals surface area (Å²) in [4.78, 5) is 22.6. The van der Waals surface area contributed by atoms with Gasteiger partial charge in [0.2, 0.25) is 0 Å². The van der Waals surface area contributed by atoms with Gasteiger partial charge in [0.15, 0.2) is 11.6 Å². The second-order valence-electron chi connectivity index (χ2n) is 5.75.